The third-order valence-corrected chi connectivity index (χ3v) is 3.26. The lowest BCUT2D eigenvalue weighted by molar-refractivity contribution is 0.199. The standard InChI is InChI=1S/C16H18FNO2/c1-11(19)12-8-9-14(13(17)10-12)18(2)15-6-4-5-7-16(15)20-3/h4-11,19H,1-3H3. The van der Waals surface area contributed by atoms with Gasteiger partial charge >= 0.3 is 0 Å². The van der Waals surface area contributed by atoms with E-state index in [9.17, 15) is 9.50 Å². The summed E-state index contributed by atoms with van der Waals surface area (Å²) in [6.07, 6.45) is -0.685. The third-order valence-electron chi connectivity index (χ3n) is 3.26. The van der Waals surface area contributed by atoms with Crippen molar-refractivity contribution in [2.24, 2.45) is 0 Å². The quantitative estimate of drug-likeness (QED) is 0.924. The molecule has 0 spiro atoms. The molecular weight excluding hydrogens is 257 g/mol. The molecule has 0 aliphatic heterocycles. The molecule has 0 heterocycles. The van der Waals surface area contributed by atoms with E-state index >= 15 is 0 Å². The molecule has 0 saturated heterocycles. The fraction of sp³-hybridized carbons (Fsp3) is 0.250. The zero-order chi connectivity index (χ0) is 14.7. The van der Waals surface area contributed by atoms with Crippen LogP contribution in [0.5, 0.6) is 5.75 Å². The van der Waals surface area contributed by atoms with Gasteiger partial charge in [-0.3, -0.25) is 0 Å². The second kappa shape index (κ2) is 5.92. The number of anilines is 2. The Labute approximate surface area is 118 Å². The van der Waals surface area contributed by atoms with Gasteiger partial charge in [-0.1, -0.05) is 18.2 Å². The molecule has 0 aromatic heterocycles. The van der Waals surface area contributed by atoms with Crippen molar-refractivity contribution < 1.29 is 14.2 Å². The molecule has 2 rings (SSSR count). The average molecular weight is 275 g/mol. The van der Waals surface area contributed by atoms with Crippen LogP contribution < -0.4 is 9.64 Å². The number of aliphatic hydroxyl groups excluding tert-OH is 1. The lowest BCUT2D eigenvalue weighted by Crippen LogP contribution is -2.12. The van der Waals surface area contributed by atoms with Crippen LogP contribution in [0, 0.1) is 5.82 Å². The Morgan fingerprint density at radius 3 is 2.45 bits per heavy atom. The van der Waals surface area contributed by atoms with Gasteiger partial charge in [0.05, 0.1) is 24.6 Å². The molecule has 1 N–H and O–H groups in total. The van der Waals surface area contributed by atoms with Crippen LogP contribution in [0.4, 0.5) is 15.8 Å². The van der Waals surface area contributed by atoms with Crippen molar-refractivity contribution in [1.82, 2.24) is 0 Å². The molecule has 3 nitrogen and oxygen atoms in total. The number of methoxy groups -OCH3 is 1. The average Bonchev–Trinajstić information content (AvgIpc) is 2.46. The molecule has 0 aliphatic rings. The molecule has 0 radical (unpaired) electrons. The first-order valence-corrected chi connectivity index (χ1v) is 6.39. The SMILES string of the molecule is COc1ccccc1N(C)c1ccc(C(C)O)cc1F. The van der Waals surface area contributed by atoms with Gasteiger partial charge in [0.15, 0.2) is 0 Å². The first kappa shape index (κ1) is 14.3. The van der Waals surface area contributed by atoms with E-state index in [0.29, 0.717) is 17.0 Å². The van der Waals surface area contributed by atoms with Crippen LogP contribution in [-0.2, 0) is 0 Å². The van der Waals surface area contributed by atoms with E-state index in [1.807, 2.05) is 24.3 Å². The maximum atomic E-state index is 14.2. The summed E-state index contributed by atoms with van der Waals surface area (Å²) in [6, 6.07) is 12.2. The predicted molar refractivity (Wildman–Crippen MR) is 78.1 cm³/mol. The topological polar surface area (TPSA) is 32.7 Å². The lowest BCUT2D eigenvalue weighted by Gasteiger charge is -2.22. The molecule has 0 saturated carbocycles. The molecular formula is C16H18FNO2. The van der Waals surface area contributed by atoms with Crippen LogP contribution in [0.2, 0.25) is 0 Å². The van der Waals surface area contributed by atoms with Gasteiger partial charge in [-0.25, -0.2) is 4.39 Å². The molecule has 2 aromatic rings. The van der Waals surface area contributed by atoms with E-state index in [2.05, 4.69) is 0 Å². The number of benzene rings is 2. The highest BCUT2D eigenvalue weighted by molar-refractivity contribution is 5.69. The Morgan fingerprint density at radius 1 is 1.15 bits per heavy atom. The second-order valence-electron chi connectivity index (χ2n) is 4.62. The number of halogens is 1. The number of nitrogens with zero attached hydrogens (tertiary/aromatic N) is 1. The molecule has 4 heteroatoms. The zero-order valence-corrected chi connectivity index (χ0v) is 11.8. The van der Waals surface area contributed by atoms with E-state index in [1.54, 1.807) is 38.1 Å². The second-order valence-corrected chi connectivity index (χ2v) is 4.62. The van der Waals surface area contributed by atoms with Gasteiger partial charge in [0.2, 0.25) is 0 Å². The van der Waals surface area contributed by atoms with Crippen molar-refractivity contribution in [3.8, 4) is 5.75 Å². The summed E-state index contributed by atoms with van der Waals surface area (Å²) in [6.45, 7) is 1.61. The first-order valence-electron chi connectivity index (χ1n) is 6.39. The van der Waals surface area contributed by atoms with Gasteiger partial charge in [0.25, 0.3) is 0 Å². The summed E-state index contributed by atoms with van der Waals surface area (Å²) in [7, 11) is 3.36. The molecule has 0 bridgehead atoms. The summed E-state index contributed by atoms with van der Waals surface area (Å²) in [5, 5.41) is 9.48. The summed E-state index contributed by atoms with van der Waals surface area (Å²) in [5.41, 5.74) is 1.76. The number of aliphatic hydroxyl groups is 1. The van der Waals surface area contributed by atoms with Gasteiger partial charge in [0.1, 0.15) is 11.6 Å². The van der Waals surface area contributed by atoms with Gasteiger partial charge in [-0.15, -0.1) is 0 Å². The molecule has 20 heavy (non-hydrogen) atoms. The summed E-state index contributed by atoms with van der Waals surface area (Å²) >= 11 is 0. The van der Waals surface area contributed by atoms with Gasteiger partial charge < -0.3 is 14.7 Å². The van der Waals surface area contributed by atoms with E-state index in [1.165, 1.54) is 6.07 Å². The molecule has 106 valence electrons. The Hall–Kier alpha value is -2.07. The number of ether oxygens (including phenoxy) is 1. The van der Waals surface area contributed by atoms with Crippen molar-refractivity contribution in [3.63, 3.8) is 0 Å². The third kappa shape index (κ3) is 2.75. The molecule has 1 unspecified atom stereocenters. The Kier molecular flexibility index (Phi) is 4.25. The van der Waals surface area contributed by atoms with E-state index < -0.39 is 6.10 Å². The summed E-state index contributed by atoms with van der Waals surface area (Å²) < 4.78 is 19.5. The minimum Gasteiger partial charge on any atom is -0.495 e. The maximum Gasteiger partial charge on any atom is 0.147 e. The van der Waals surface area contributed by atoms with Gasteiger partial charge in [-0.05, 0) is 36.8 Å². The highest BCUT2D eigenvalue weighted by Crippen LogP contribution is 2.34. The molecule has 0 fully saturated rings. The Morgan fingerprint density at radius 2 is 1.85 bits per heavy atom. The van der Waals surface area contributed by atoms with Crippen LogP contribution >= 0.6 is 0 Å². The number of rotatable bonds is 4. The molecule has 0 amide bonds. The van der Waals surface area contributed by atoms with Crippen molar-refractivity contribution in [2.75, 3.05) is 19.1 Å². The minimum absolute atomic E-state index is 0.378. The largest absolute Gasteiger partial charge is 0.495 e. The maximum absolute atomic E-state index is 14.2. The number of para-hydroxylation sites is 2. The normalized spacial score (nSPS) is 12.1. The monoisotopic (exact) mass is 275 g/mol. The predicted octanol–water partition coefficient (Wildman–Crippen LogP) is 3.66. The van der Waals surface area contributed by atoms with E-state index in [-0.39, 0.29) is 5.82 Å². The Bertz CT molecular complexity index is 599. The fourth-order valence-corrected chi connectivity index (χ4v) is 2.09. The van der Waals surface area contributed by atoms with Crippen LogP contribution in [0.15, 0.2) is 42.5 Å². The van der Waals surface area contributed by atoms with Gasteiger partial charge in [-0.2, -0.15) is 0 Å². The smallest absolute Gasteiger partial charge is 0.147 e. The molecule has 0 aliphatic carbocycles. The minimum atomic E-state index is -0.685. The Balaban J connectivity index is 2.40. The van der Waals surface area contributed by atoms with Crippen LogP contribution in [0.25, 0.3) is 0 Å². The number of hydrogen-bond acceptors (Lipinski definition) is 3. The summed E-state index contributed by atoms with van der Waals surface area (Å²) in [5.74, 6) is 0.297. The molecule has 1 atom stereocenters. The van der Waals surface area contributed by atoms with Crippen molar-refractivity contribution in [3.05, 3.63) is 53.8 Å². The van der Waals surface area contributed by atoms with Crippen molar-refractivity contribution in [1.29, 1.82) is 0 Å². The van der Waals surface area contributed by atoms with E-state index in [0.717, 1.165) is 5.69 Å². The highest BCUT2D eigenvalue weighted by atomic mass is 19.1. The van der Waals surface area contributed by atoms with Crippen molar-refractivity contribution >= 4 is 11.4 Å². The number of hydrogen-bond donors (Lipinski definition) is 1. The highest BCUT2D eigenvalue weighted by Gasteiger charge is 2.14. The van der Waals surface area contributed by atoms with Crippen LogP contribution in [0.3, 0.4) is 0 Å². The fourth-order valence-electron chi connectivity index (χ4n) is 2.09. The van der Waals surface area contributed by atoms with Gasteiger partial charge in [0, 0.05) is 7.05 Å². The first-order chi connectivity index (χ1) is 9.54. The van der Waals surface area contributed by atoms with Crippen LogP contribution in [0.1, 0.15) is 18.6 Å². The zero-order valence-electron chi connectivity index (χ0n) is 11.8. The lowest BCUT2D eigenvalue weighted by atomic mass is 10.1. The van der Waals surface area contributed by atoms with E-state index in [4.69, 9.17) is 4.74 Å². The summed E-state index contributed by atoms with van der Waals surface area (Å²) in [4.78, 5) is 1.72. The van der Waals surface area contributed by atoms with Crippen molar-refractivity contribution in [2.45, 2.75) is 13.0 Å². The molecule has 2 aromatic carbocycles. The van der Waals surface area contributed by atoms with Crippen LogP contribution in [-0.4, -0.2) is 19.3 Å².